The summed E-state index contributed by atoms with van der Waals surface area (Å²) < 4.78 is 29.4. The number of hydrogen-bond donors (Lipinski definition) is 2. The Morgan fingerprint density at radius 1 is 1.08 bits per heavy atom. The number of hydrogen-bond acceptors (Lipinski definition) is 2. The predicted molar refractivity (Wildman–Crippen MR) is 91.3 cm³/mol. The molecule has 2 aromatic carbocycles. The van der Waals surface area contributed by atoms with Gasteiger partial charge in [0.1, 0.15) is 5.75 Å². The molecule has 1 unspecified atom stereocenters. The summed E-state index contributed by atoms with van der Waals surface area (Å²) in [6.07, 6.45) is 0. The molecule has 6 heteroatoms. The number of guanidine groups is 1. The maximum Gasteiger partial charge on any atom is 0.387 e. The van der Waals surface area contributed by atoms with Gasteiger partial charge in [-0.15, -0.1) is 0 Å². The standard InChI is InChI=1S/C18H21F2N3O/c1-13(14-8-4-3-5-9-14)23-18(21-2)22-12-15-10-6-7-11-16(15)24-17(19)20/h3-11,13,17H,12H2,1-2H3,(H2,21,22,23). The van der Waals surface area contributed by atoms with E-state index in [1.807, 2.05) is 37.3 Å². The topological polar surface area (TPSA) is 45.7 Å². The second-order valence-corrected chi connectivity index (χ2v) is 5.19. The zero-order valence-electron chi connectivity index (χ0n) is 13.7. The van der Waals surface area contributed by atoms with Gasteiger partial charge >= 0.3 is 6.61 Å². The molecule has 0 fully saturated rings. The lowest BCUT2D eigenvalue weighted by Crippen LogP contribution is -2.38. The van der Waals surface area contributed by atoms with E-state index in [2.05, 4.69) is 20.4 Å². The first-order chi connectivity index (χ1) is 11.6. The van der Waals surface area contributed by atoms with Crippen molar-refractivity contribution in [2.45, 2.75) is 26.1 Å². The molecule has 0 spiro atoms. The minimum absolute atomic E-state index is 0.0601. The van der Waals surface area contributed by atoms with Crippen molar-refractivity contribution in [2.24, 2.45) is 4.99 Å². The van der Waals surface area contributed by atoms with Crippen LogP contribution >= 0.6 is 0 Å². The van der Waals surface area contributed by atoms with Crippen LogP contribution in [0.25, 0.3) is 0 Å². The molecule has 0 bridgehead atoms. The van der Waals surface area contributed by atoms with Gasteiger partial charge in [-0.3, -0.25) is 4.99 Å². The number of para-hydroxylation sites is 1. The Kier molecular flexibility index (Phi) is 6.54. The second kappa shape index (κ2) is 8.86. The maximum absolute atomic E-state index is 12.4. The van der Waals surface area contributed by atoms with E-state index in [0.717, 1.165) is 5.56 Å². The Bertz CT molecular complexity index is 662. The van der Waals surface area contributed by atoms with Crippen molar-refractivity contribution in [3.63, 3.8) is 0 Å². The van der Waals surface area contributed by atoms with Gasteiger partial charge in [0.25, 0.3) is 0 Å². The van der Waals surface area contributed by atoms with Crippen molar-refractivity contribution in [3.05, 3.63) is 65.7 Å². The molecule has 2 rings (SSSR count). The summed E-state index contributed by atoms with van der Waals surface area (Å²) in [5, 5.41) is 6.38. The summed E-state index contributed by atoms with van der Waals surface area (Å²) in [7, 11) is 1.66. The van der Waals surface area contributed by atoms with Crippen molar-refractivity contribution >= 4 is 5.96 Å². The van der Waals surface area contributed by atoms with Crippen LogP contribution in [-0.2, 0) is 6.54 Å². The number of aliphatic imine (C=N–C) groups is 1. The van der Waals surface area contributed by atoms with Gasteiger partial charge in [-0.25, -0.2) is 0 Å². The lowest BCUT2D eigenvalue weighted by Gasteiger charge is -2.19. The van der Waals surface area contributed by atoms with Crippen molar-refractivity contribution in [2.75, 3.05) is 7.05 Å². The molecule has 0 aliphatic carbocycles. The van der Waals surface area contributed by atoms with Crippen LogP contribution in [0.3, 0.4) is 0 Å². The maximum atomic E-state index is 12.4. The van der Waals surface area contributed by atoms with Crippen LogP contribution in [0.15, 0.2) is 59.6 Å². The molecule has 4 nitrogen and oxygen atoms in total. The van der Waals surface area contributed by atoms with Crippen LogP contribution in [0.5, 0.6) is 5.75 Å². The summed E-state index contributed by atoms with van der Waals surface area (Å²) in [6, 6.07) is 16.7. The number of alkyl halides is 2. The molecule has 128 valence electrons. The van der Waals surface area contributed by atoms with E-state index >= 15 is 0 Å². The molecule has 0 aliphatic rings. The zero-order valence-corrected chi connectivity index (χ0v) is 13.7. The van der Waals surface area contributed by atoms with E-state index in [1.165, 1.54) is 6.07 Å². The Balaban J connectivity index is 1.97. The van der Waals surface area contributed by atoms with Gasteiger partial charge in [0.2, 0.25) is 0 Å². The smallest absolute Gasteiger partial charge is 0.387 e. The summed E-state index contributed by atoms with van der Waals surface area (Å²) in [6.45, 7) is -0.498. The molecular weight excluding hydrogens is 312 g/mol. The molecule has 0 saturated heterocycles. The number of rotatable bonds is 6. The van der Waals surface area contributed by atoms with E-state index in [0.29, 0.717) is 18.1 Å². The lowest BCUT2D eigenvalue weighted by atomic mass is 10.1. The first-order valence-corrected chi connectivity index (χ1v) is 7.65. The SMILES string of the molecule is CN=C(NCc1ccccc1OC(F)F)NC(C)c1ccccc1. The van der Waals surface area contributed by atoms with Gasteiger partial charge < -0.3 is 15.4 Å². The van der Waals surface area contributed by atoms with Gasteiger partial charge in [-0.1, -0.05) is 48.5 Å². The monoisotopic (exact) mass is 333 g/mol. The minimum Gasteiger partial charge on any atom is -0.434 e. The quantitative estimate of drug-likeness (QED) is 0.626. The van der Waals surface area contributed by atoms with Crippen molar-refractivity contribution in [1.29, 1.82) is 0 Å². The third-order valence-electron chi connectivity index (χ3n) is 3.51. The molecule has 1 atom stereocenters. The molecular formula is C18H21F2N3O. The minimum atomic E-state index is -2.85. The highest BCUT2D eigenvalue weighted by Crippen LogP contribution is 2.20. The average Bonchev–Trinajstić information content (AvgIpc) is 2.59. The van der Waals surface area contributed by atoms with Gasteiger partial charge in [-0.05, 0) is 18.6 Å². The Labute approximate surface area is 140 Å². The van der Waals surface area contributed by atoms with Crippen molar-refractivity contribution < 1.29 is 13.5 Å². The number of ether oxygens (including phenoxy) is 1. The normalized spacial score (nSPS) is 12.8. The Morgan fingerprint density at radius 2 is 1.75 bits per heavy atom. The number of benzene rings is 2. The van der Waals surface area contributed by atoms with Gasteiger partial charge in [0, 0.05) is 19.2 Å². The Morgan fingerprint density at radius 3 is 2.42 bits per heavy atom. The molecule has 0 saturated carbocycles. The summed E-state index contributed by atoms with van der Waals surface area (Å²) in [4.78, 5) is 4.16. The average molecular weight is 333 g/mol. The summed E-state index contributed by atoms with van der Waals surface area (Å²) >= 11 is 0. The summed E-state index contributed by atoms with van der Waals surface area (Å²) in [5.74, 6) is 0.741. The molecule has 2 N–H and O–H groups in total. The predicted octanol–water partition coefficient (Wildman–Crippen LogP) is 3.71. The lowest BCUT2D eigenvalue weighted by molar-refractivity contribution is -0.0504. The van der Waals surface area contributed by atoms with E-state index in [-0.39, 0.29) is 11.8 Å². The molecule has 0 radical (unpaired) electrons. The molecule has 0 heterocycles. The van der Waals surface area contributed by atoms with Crippen LogP contribution in [-0.4, -0.2) is 19.6 Å². The van der Waals surface area contributed by atoms with E-state index in [9.17, 15) is 8.78 Å². The highest BCUT2D eigenvalue weighted by atomic mass is 19.3. The highest BCUT2D eigenvalue weighted by Gasteiger charge is 2.11. The largest absolute Gasteiger partial charge is 0.434 e. The zero-order chi connectivity index (χ0) is 17.4. The number of nitrogens with one attached hydrogen (secondary N) is 2. The van der Waals surface area contributed by atoms with E-state index in [1.54, 1.807) is 25.2 Å². The molecule has 0 aromatic heterocycles. The van der Waals surface area contributed by atoms with Crippen molar-refractivity contribution in [3.8, 4) is 5.75 Å². The molecule has 0 aliphatic heterocycles. The van der Waals surface area contributed by atoms with Crippen LogP contribution in [0.4, 0.5) is 8.78 Å². The van der Waals surface area contributed by atoms with Crippen LogP contribution in [0.2, 0.25) is 0 Å². The number of halogens is 2. The first kappa shape index (κ1) is 17.7. The van der Waals surface area contributed by atoms with Crippen molar-refractivity contribution in [1.82, 2.24) is 10.6 Å². The number of nitrogens with zero attached hydrogens (tertiary/aromatic N) is 1. The van der Waals surface area contributed by atoms with E-state index in [4.69, 9.17) is 0 Å². The summed E-state index contributed by atoms with van der Waals surface area (Å²) in [5.41, 5.74) is 1.76. The molecule has 2 aromatic rings. The van der Waals surface area contributed by atoms with Crippen LogP contribution in [0.1, 0.15) is 24.1 Å². The fourth-order valence-electron chi connectivity index (χ4n) is 2.26. The molecule has 0 amide bonds. The van der Waals surface area contributed by atoms with Gasteiger partial charge in [-0.2, -0.15) is 8.78 Å². The first-order valence-electron chi connectivity index (χ1n) is 7.65. The van der Waals surface area contributed by atoms with Crippen LogP contribution < -0.4 is 15.4 Å². The highest BCUT2D eigenvalue weighted by molar-refractivity contribution is 5.80. The third kappa shape index (κ3) is 5.22. The fourth-order valence-corrected chi connectivity index (χ4v) is 2.26. The molecule has 24 heavy (non-hydrogen) atoms. The van der Waals surface area contributed by atoms with Gasteiger partial charge in [0.15, 0.2) is 5.96 Å². The Hall–Kier alpha value is -2.63. The second-order valence-electron chi connectivity index (χ2n) is 5.19. The van der Waals surface area contributed by atoms with Gasteiger partial charge in [0.05, 0.1) is 6.04 Å². The fraction of sp³-hybridized carbons (Fsp3) is 0.278. The van der Waals surface area contributed by atoms with E-state index < -0.39 is 6.61 Å². The van der Waals surface area contributed by atoms with Crippen LogP contribution in [0, 0.1) is 0 Å². The third-order valence-corrected chi connectivity index (χ3v) is 3.51.